The fraction of sp³-hybridized carbons (Fsp3) is 0.176. The Balaban J connectivity index is 1.50. The van der Waals surface area contributed by atoms with Crippen molar-refractivity contribution in [2.45, 2.75) is 10.8 Å². The topological polar surface area (TPSA) is 81.2 Å². The van der Waals surface area contributed by atoms with Crippen molar-refractivity contribution in [1.82, 2.24) is 9.97 Å². The highest BCUT2D eigenvalue weighted by molar-refractivity contribution is 8.01. The van der Waals surface area contributed by atoms with Crippen molar-refractivity contribution in [2.24, 2.45) is 0 Å². The maximum atomic E-state index is 12.1. The zero-order chi connectivity index (χ0) is 18.4. The summed E-state index contributed by atoms with van der Waals surface area (Å²) in [6.07, 6.45) is 0.0962. The summed E-state index contributed by atoms with van der Waals surface area (Å²) in [6.45, 7) is 0. The first kappa shape index (κ1) is 18.6. The number of carbonyl (C=O) groups is 2. The molecule has 0 unspecified atom stereocenters. The number of anilines is 1. The summed E-state index contributed by atoms with van der Waals surface area (Å²) in [5, 5.41) is 6.92. The molecule has 1 N–H and O–H groups in total. The average molecular weight is 406 g/mol. The summed E-state index contributed by atoms with van der Waals surface area (Å²) < 4.78 is 5.43. The predicted octanol–water partition coefficient (Wildman–Crippen LogP) is 3.71. The lowest BCUT2D eigenvalue weighted by molar-refractivity contribution is -0.139. The predicted molar refractivity (Wildman–Crippen MR) is 105 cm³/mol. The highest BCUT2D eigenvalue weighted by Crippen LogP contribution is 2.28. The van der Waals surface area contributed by atoms with Crippen molar-refractivity contribution in [3.05, 3.63) is 46.8 Å². The van der Waals surface area contributed by atoms with Crippen LogP contribution in [0.3, 0.4) is 0 Å². The summed E-state index contributed by atoms with van der Waals surface area (Å²) in [7, 11) is 1.33. The van der Waals surface area contributed by atoms with Gasteiger partial charge in [0.15, 0.2) is 9.47 Å². The first-order valence-corrected chi connectivity index (χ1v) is 10.3. The molecule has 3 rings (SSSR count). The van der Waals surface area contributed by atoms with Gasteiger partial charge in [0, 0.05) is 16.3 Å². The molecule has 0 aliphatic rings. The van der Waals surface area contributed by atoms with Gasteiger partial charge in [-0.1, -0.05) is 42.1 Å². The minimum atomic E-state index is -0.360. The Kier molecular flexibility index (Phi) is 6.37. The molecule has 0 fully saturated rings. The molecule has 0 radical (unpaired) electrons. The molecule has 6 nitrogen and oxygen atoms in total. The van der Waals surface area contributed by atoms with Gasteiger partial charge in [-0.3, -0.25) is 9.59 Å². The van der Waals surface area contributed by atoms with Crippen LogP contribution < -0.4 is 5.32 Å². The van der Waals surface area contributed by atoms with Gasteiger partial charge in [-0.05, 0) is 0 Å². The Morgan fingerprint density at radius 1 is 1.15 bits per heavy atom. The lowest BCUT2D eigenvalue weighted by Gasteiger charge is -2.00. The third kappa shape index (κ3) is 5.13. The van der Waals surface area contributed by atoms with Crippen molar-refractivity contribution in [3.63, 3.8) is 0 Å². The van der Waals surface area contributed by atoms with Crippen molar-refractivity contribution in [3.8, 4) is 11.3 Å². The number of thioether (sulfide) groups is 1. The number of carbonyl (C=O) groups excluding carboxylic acids is 2. The molecule has 0 spiro atoms. The maximum absolute atomic E-state index is 12.1. The molecule has 0 bridgehead atoms. The van der Waals surface area contributed by atoms with E-state index in [1.54, 1.807) is 5.38 Å². The molecule has 2 aromatic heterocycles. The number of esters is 1. The monoisotopic (exact) mass is 405 g/mol. The van der Waals surface area contributed by atoms with Crippen LogP contribution in [0, 0.1) is 0 Å². The van der Waals surface area contributed by atoms with Crippen LogP contribution in [0.2, 0.25) is 0 Å². The first-order chi connectivity index (χ1) is 12.6. The van der Waals surface area contributed by atoms with Gasteiger partial charge in [-0.15, -0.1) is 22.7 Å². The van der Waals surface area contributed by atoms with E-state index in [1.807, 2.05) is 35.7 Å². The van der Waals surface area contributed by atoms with Gasteiger partial charge in [0.05, 0.1) is 30.7 Å². The van der Waals surface area contributed by atoms with E-state index in [9.17, 15) is 9.59 Å². The summed E-state index contributed by atoms with van der Waals surface area (Å²) >= 11 is 4.18. The minimum absolute atomic E-state index is 0.0962. The van der Waals surface area contributed by atoms with E-state index in [4.69, 9.17) is 0 Å². The highest BCUT2D eigenvalue weighted by atomic mass is 32.2. The molecule has 2 heterocycles. The van der Waals surface area contributed by atoms with E-state index in [0.717, 1.165) is 15.6 Å². The molecule has 1 amide bonds. The Morgan fingerprint density at radius 2 is 1.96 bits per heavy atom. The van der Waals surface area contributed by atoms with Gasteiger partial charge in [-0.2, -0.15) is 0 Å². The number of thiazole rings is 2. The summed E-state index contributed by atoms with van der Waals surface area (Å²) in [4.78, 5) is 32.0. The average Bonchev–Trinajstić information content (AvgIpc) is 3.30. The van der Waals surface area contributed by atoms with Crippen molar-refractivity contribution >= 4 is 51.4 Å². The van der Waals surface area contributed by atoms with Gasteiger partial charge < -0.3 is 10.1 Å². The fourth-order valence-electron chi connectivity index (χ4n) is 2.01. The number of nitrogens with zero attached hydrogens (tertiary/aromatic N) is 2. The lowest BCUT2D eigenvalue weighted by Crippen LogP contribution is -2.14. The van der Waals surface area contributed by atoms with Crippen LogP contribution in [0.4, 0.5) is 5.13 Å². The third-order valence-corrected chi connectivity index (χ3v) is 6.06. The molecule has 0 saturated carbocycles. The standard InChI is InChI=1S/C17H15N3O3S3/c1-23-15(22)7-12-8-24-16(18-12)20-14(21)10-26-17-19-13(9-25-17)11-5-3-2-4-6-11/h2-6,8-9H,7,10H2,1H3,(H,18,20,21). The number of hydrogen-bond acceptors (Lipinski definition) is 8. The summed E-state index contributed by atoms with van der Waals surface area (Å²) in [5.74, 6) is -0.277. The number of rotatable bonds is 7. The van der Waals surface area contributed by atoms with Crippen molar-refractivity contribution < 1.29 is 14.3 Å². The van der Waals surface area contributed by atoms with Crippen LogP contribution >= 0.6 is 34.4 Å². The Hall–Kier alpha value is -2.23. The molecule has 9 heteroatoms. The van der Waals surface area contributed by atoms with Crippen LogP contribution in [-0.2, 0) is 20.7 Å². The Labute approximate surface area is 162 Å². The second kappa shape index (κ2) is 8.93. The molecule has 26 heavy (non-hydrogen) atoms. The number of ether oxygens (including phenoxy) is 1. The lowest BCUT2D eigenvalue weighted by atomic mass is 10.2. The normalized spacial score (nSPS) is 10.5. The molecule has 0 saturated heterocycles. The van der Waals surface area contributed by atoms with Crippen molar-refractivity contribution in [1.29, 1.82) is 0 Å². The molecular weight excluding hydrogens is 390 g/mol. The maximum Gasteiger partial charge on any atom is 0.311 e. The smallest absolute Gasteiger partial charge is 0.311 e. The molecule has 134 valence electrons. The zero-order valence-electron chi connectivity index (χ0n) is 13.8. The number of benzene rings is 1. The van der Waals surface area contributed by atoms with Crippen molar-refractivity contribution in [2.75, 3.05) is 18.2 Å². The van der Waals surface area contributed by atoms with E-state index in [0.29, 0.717) is 10.8 Å². The van der Waals surface area contributed by atoms with E-state index in [-0.39, 0.29) is 24.1 Å². The molecule has 0 aliphatic carbocycles. The van der Waals surface area contributed by atoms with Crippen LogP contribution in [-0.4, -0.2) is 34.7 Å². The molecule has 3 aromatic rings. The van der Waals surface area contributed by atoms with Crippen LogP contribution in [0.5, 0.6) is 0 Å². The zero-order valence-corrected chi connectivity index (χ0v) is 16.2. The van der Waals surface area contributed by atoms with Crippen LogP contribution in [0.25, 0.3) is 11.3 Å². The fourth-order valence-corrected chi connectivity index (χ4v) is 4.37. The largest absolute Gasteiger partial charge is 0.469 e. The molecular formula is C17H15N3O3S3. The number of aromatic nitrogens is 2. The van der Waals surface area contributed by atoms with E-state index >= 15 is 0 Å². The third-order valence-electron chi connectivity index (χ3n) is 3.23. The van der Waals surface area contributed by atoms with E-state index < -0.39 is 0 Å². The molecule has 1 aromatic carbocycles. The highest BCUT2D eigenvalue weighted by Gasteiger charge is 2.11. The minimum Gasteiger partial charge on any atom is -0.469 e. The van der Waals surface area contributed by atoms with Crippen LogP contribution in [0.15, 0.2) is 45.4 Å². The van der Waals surface area contributed by atoms with E-state index in [1.165, 1.54) is 41.5 Å². The number of amides is 1. The summed E-state index contributed by atoms with van der Waals surface area (Å²) in [5.41, 5.74) is 2.55. The number of hydrogen-bond donors (Lipinski definition) is 1. The van der Waals surface area contributed by atoms with Gasteiger partial charge in [0.1, 0.15) is 0 Å². The van der Waals surface area contributed by atoms with Crippen LogP contribution in [0.1, 0.15) is 5.69 Å². The summed E-state index contributed by atoms with van der Waals surface area (Å²) in [6, 6.07) is 9.91. The van der Waals surface area contributed by atoms with Gasteiger partial charge in [-0.25, -0.2) is 9.97 Å². The Morgan fingerprint density at radius 3 is 2.73 bits per heavy atom. The first-order valence-electron chi connectivity index (χ1n) is 7.59. The van der Waals surface area contributed by atoms with Gasteiger partial charge >= 0.3 is 5.97 Å². The molecule has 0 atom stereocenters. The second-order valence-electron chi connectivity index (χ2n) is 5.10. The second-order valence-corrected chi connectivity index (χ2v) is 8.04. The van der Waals surface area contributed by atoms with Gasteiger partial charge in [0.25, 0.3) is 0 Å². The van der Waals surface area contributed by atoms with E-state index in [2.05, 4.69) is 20.0 Å². The SMILES string of the molecule is COC(=O)Cc1csc(NC(=O)CSc2nc(-c3ccccc3)cs2)n1. The Bertz CT molecular complexity index is 893. The number of methoxy groups -OCH3 is 1. The van der Waals surface area contributed by atoms with Gasteiger partial charge in [0.2, 0.25) is 5.91 Å². The number of nitrogens with one attached hydrogen (secondary N) is 1. The molecule has 0 aliphatic heterocycles. The quantitative estimate of drug-likeness (QED) is 0.477.